The molecule has 0 radical (unpaired) electrons. The summed E-state index contributed by atoms with van der Waals surface area (Å²) in [5.74, 6) is 0. The zero-order valence-electron chi connectivity index (χ0n) is 9.54. The molecule has 0 amide bonds. The Kier molecular flexibility index (Phi) is 3.72. The zero-order valence-corrected chi connectivity index (χ0v) is 10.3. The maximum absolute atomic E-state index is 10.7. The summed E-state index contributed by atoms with van der Waals surface area (Å²) in [5.41, 5.74) is 1.31. The Morgan fingerprint density at radius 1 is 1.16 bits per heavy atom. The van der Waals surface area contributed by atoms with Gasteiger partial charge in [-0.05, 0) is 35.5 Å². The van der Waals surface area contributed by atoms with Crippen LogP contribution in [0.1, 0.15) is 0 Å². The number of nitro groups is 1. The number of anilines is 2. The second-order valence-electron chi connectivity index (χ2n) is 3.68. The fourth-order valence-electron chi connectivity index (χ4n) is 1.48. The minimum Gasteiger partial charge on any atom is -0.354 e. The summed E-state index contributed by atoms with van der Waals surface area (Å²) in [7, 11) is 0. The van der Waals surface area contributed by atoms with Crippen molar-refractivity contribution in [1.82, 2.24) is 0 Å². The molecule has 2 rings (SSSR count). The summed E-state index contributed by atoms with van der Waals surface area (Å²) >= 11 is 5.96. The third kappa shape index (κ3) is 3.05. The van der Waals surface area contributed by atoms with E-state index in [4.69, 9.17) is 11.6 Å². The number of rotatable bonds is 4. The van der Waals surface area contributed by atoms with E-state index in [1.165, 1.54) is 30.3 Å². The Morgan fingerprint density at radius 2 is 1.84 bits per heavy atom. The molecule has 0 aliphatic carbocycles. The number of nitroso groups, excluding NO2 is 1. The summed E-state index contributed by atoms with van der Waals surface area (Å²) in [4.78, 5) is 20.5. The molecule has 6 nitrogen and oxygen atoms in total. The van der Waals surface area contributed by atoms with Gasteiger partial charge in [0.25, 0.3) is 5.69 Å². The minimum atomic E-state index is -0.499. The molecule has 0 aliphatic rings. The lowest BCUT2D eigenvalue weighted by Gasteiger charge is -2.08. The fraction of sp³-hybridized carbons (Fsp3) is 0. The van der Waals surface area contributed by atoms with Gasteiger partial charge in [0, 0.05) is 17.8 Å². The average Bonchev–Trinajstić information content (AvgIpc) is 2.42. The van der Waals surface area contributed by atoms with Crippen LogP contribution in [-0.4, -0.2) is 4.92 Å². The summed E-state index contributed by atoms with van der Waals surface area (Å²) in [6.07, 6.45) is 0. The van der Waals surface area contributed by atoms with Crippen molar-refractivity contribution < 1.29 is 4.92 Å². The highest BCUT2D eigenvalue weighted by Crippen LogP contribution is 2.29. The van der Waals surface area contributed by atoms with Crippen molar-refractivity contribution in [3.05, 3.63) is 62.5 Å². The topological polar surface area (TPSA) is 84.6 Å². The summed E-state index contributed by atoms with van der Waals surface area (Å²) in [6.45, 7) is 0. The van der Waals surface area contributed by atoms with Gasteiger partial charge in [-0.2, -0.15) is 0 Å². The first-order chi connectivity index (χ1) is 9.10. The first-order valence-corrected chi connectivity index (χ1v) is 5.62. The van der Waals surface area contributed by atoms with E-state index in [1.807, 2.05) is 0 Å². The predicted molar refractivity (Wildman–Crippen MR) is 73.3 cm³/mol. The molecule has 0 fully saturated rings. The van der Waals surface area contributed by atoms with E-state index in [-0.39, 0.29) is 5.69 Å². The third-order valence-electron chi connectivity index (χ3n) is 2.41. The number of non-ortho nitro benzene ring substituents is 1. The highest BCUT2D eigenvalue weighted by molar-refractivity contribution is 6.33. The number of hydrogen-bond acceptors (Lipinski definition) is 5. The molecule has 1 N–H and O–H groups in total. The Bertz CT molecular complexity index is 629. The molecular formula is C12H8ClN3O3. The molecule has 0 saturated heterocycles. The number of hydrogen-bond donors (Lipinski definition) is 1. The molecule has 19 heavy (non-hydrogen) atoms. The van der Waals surface area contributed by atoms with E-state index in [2.05, 4.69) is 10.5 Å². The van der Waals surface area contributed by atoms with Gasteiger partial charge >= 0.3 is 0 Å². The molecular weight excluding hydrogens is 270 g/mol. The highest BCUT2D eigenvalue weighted by atomic mass is 35.5. The van der Waals surface area contributed by atoms with Crippen LogP contribution in [0.25, 0.3) is 0 Å². The largest absolute Gasteiger partial charge is 0.354 e. The quantitative estimate of drug-likeness (QED) is 0.510. The zero-order chi connectivity index (χ0) is 13.8. The Balaban J connectivity index is 2.28. The van der Waals surface area contributed by atoms with Crippen LogP contribution in [0.4, 0.5) is 22.7 Å². The third-order valence-corrected chi connectivity index (χ3v) is 2.74. The van der Waals surface area contributed by atoms with Crippen molar-refractivity contribution in [3.8, 4) is 0 Å². The predicted octanol–water partition coefficient (Wildman–Crippen LogP) is 4.39. The summed E-state index contributed by atoms with van der Waals surface area (Å²) in [5, 5.41) is 16.8. The van der Waals surface area contributed by atoms with Crippen molar-refractivity contribution in [2.45, 2.75) is 0 Å². The van der Waals surface area contributed by atoms with Crippen LogP contribution in [0, 0.1) is 15.0 Å². The highest BCUT2D eigenvalue weighted by Gasteiger charge is 2.09. The Labute approximate surface area is 113 Å². The minimum absolute atomic E-state index is 0.0573. The van der Waals surface area contributed by atoms with Gasteiger partial charge in [-0.25, -0.2) is 0 Å². The molecule has 7 heteroatoms. The van der Waals surface area contributed by atoms with Crippen molar-refractivity contribution in [1.29, 1.82) is 0 Å². The van der Waals surface area contributed by atoms with E-state index in [0.29, 0.717) is 22.1 Å². The molecule has 2 aromatic carbocycles. The monoisotopic (exact) mass is 277 g/mol. The normalized spacial score (nSPS) is 9.95. The van der Waals surface area contributed by atoms with Gasteiger partial charge in [0.2, 0.25) is 0 Å². The van der Waals surface area contributed by atoms with E-state index in [0.717, 1.165) is 0 Å². The van der Waals surface area contributed by atoms with Crippen LogP contribution in [0.15, 0.2) is 47.6 Å². The molecule has 2 aromatic rings. The lowest BCUT2D eigenvalue weighted by atomic mass is 10.2. The SMILES string of the molecule is O=Nc1ccc(Nc2cc([N+](=O)[O-])ccc2Cl)cc1. The Morgan fingerprint density at radius 3 is 2.42 bits per heavy atom. The van der Waals surface area contributed by atoms with Crippen molar-refractivity contribution >= 4 is 34.4 Å². The van der Waals surface area contributed by atoms with Crippen LogP contribution < -0.4 is 5.32 Å². The van der Waals surface area contributed by atoms with Crippen LogP contribution in [0.5, 0.6) is 0 Å². The van der Waals surface area contributed by atoms with Crippen molar-refractivity contribution in [3.63, 3.8) is 0 Å². The van der Waals surface area contributed by atoms with Crippen LogP contribution in [0.3, 0.4) is 0 Å². The molecule has 0 atom stereocenters. The maximum Gasteiger partial charge on any atom is 0.271 e. The van der Waals surface area contributed by atoms with Gasteiger partial charge in [-0.15, -0.1) is 4.91 Å². The van der Waals surface area contributed by atoms with Crippen LogP contribution in [-0.2, 0) is 0 Å². The molecule has 0 heterocycles. The van der Waals surface area contributed by atoms with Crippen LogP contribution in [0.2, 0.25) is 5.02 Å². The van der Waals surface area contributed by atoms with Crippen LogP contribution >= 0.6 is 11.6 Å². The average molecular weight is 278 g/mol. The molecule has 0 saturated carbocycles. The first kappa shape index (κ1) is 13.0. The van der Waals surface area contributed by atoms with Crippen molar-refractivity contribution in [2.24, 2.45) is 5.18 Å². The molecule has 0 spiro atoms. The second kappa shape index (κ2) is 5.45. The maximum atomic E-state index is 10.7. The van der Waals surface area contributed by atoms with Crippen molar-refractivity contribution in [2.75, 3.05) is 5.32 Å². The lowest BCUT2D eigenvalue weighted by Crippen LogP contribution is -1.93. The lowest BCUT2D eigenvalue weighted by molar-refractivity contribution is -0.384. The number of nitrogens with zero attached hydrogens (tertiary/aromatic N) is 2. The van der Waals surface area contributed by atoms with Gasteiger partial charge in [0.15, 0.2) is 0 Å². The molecule has 0 bridgehead atoms. The number of halogens is 1. The second-order valence-corrected chi connectivity index (χ2v) is 4.09. The first-order valence-electron chi connectivity index (χ1n) is 5.24. The summed E-state index contributed by atoms with van der Waals surface area (Å²) in [6, 6.07) is 10.4. The van der Waals surface area contributed by atoms with Gasteiger partial charge < -0.3 is 5.32 Å². The van der Waals surface area contributed by atoms with E-state index in [9.17, 15) is 15.0 Å². The molecule has 0 unspecified atom stereocenters. The number of nitro benzene ring substituents is 1. The van der Waals surface area contributed by atoms with E-state index < -0.39 is 4.92 Å². The smallest absolute Gasteiger partial charge is 0.271 e. The standard InChI is InChI=1S/C12H8ClN3O3/c13-11-6-5-10(16(18)19)7-12(11)14-8-1-3-9(15-17)4-2-8/h1-7,14H. The summed E-state index contributed by atoms with van der Waals surface area (Å²) < 4.78 is 0. The van der Waals surface area contributed by atoms with E-state index in [1.54, 1.807) is 12.1 Å². The molecule has 0 aromatic heterocycles. The van der Waals surface area contributed by atoms with Gasteiger partial charge in [0.1, 0.15) is 5.69 Å². The fourth-order valence-corrected chi connectivity index (χ4v) is 1.65. The number of benzene rings is 2. The van der Waals surface area contributed by atoms with Gasteiger partial charge in [-0.3, -0.25) is 10.1 Å². The van der Waals surface area contributed by atoms with E-state index >= 15 is 0 Å². The number of nitrogens with one attached hydrogen (secondary N) is 1. The van der Waals surface area contributed by atoms with Gasteiger partial charge in [0.05, 0.1) is 15.6 Å². The molecule has 96 valence electrons. The Hall–Kier alpha value is -2.47. The van der Waals surface area contributed by atoms with Gasteiger partial charge in [-0.1, -0.05) is 11.6 Å². The molecule has 0 aliphatic heterocycles.